The lowest BCUT2D eigenvalue weighted by atomic mass is 10.00. The Morgan fingerprint density at radius 2 is 1.80 bits per heavy atom. The average molecular weight is 421 g/mol. The van der Waals surface area contributed by atoms with Crippen LogP contribution in [0.15, 0.2) is 47.5 Å². The summed E-state index contributed by atoms with van der Waals surface area (Å²) in [4.78, 5) is 17.2. The number of alkyl halides is 3. The van der Waals surface area contributed by atoms with Crippen LogP contribution in [0, 0.1) is 12.8 Å². The van der Waals surface area contributed by atoms with Crippen LogP contribution in [-0.2, 0) is 13.0 Å². The largest absolute Gasteiger partial charge is 0.573 e. The predicted octanol–water partition coefficient (Wildman–Crippen LogP) is 4.19. The van der Waals surface area contributed by atoms with E-state index in [1.807, 2.05) is 6.07 Å². The molecule has 0 amide bonds. The third kappa shape index (κ3) is 4.67. The van der Waals surface area contributed by atoms with E-state index in [-0.39, 0.29) is 18.1 Å². The molecule has 3 aromatic rings. The van der Waals surface area contributed by atoms with Crippen molar-refractivity contribution >= 4 is 0 Å². The first-order valence-electron chi connectivity index (χ1n) is 9.36. The normalized spacial score (nSPS) is 11.8. The first kappa shape index (κ1) is 21.5. The van der Waals surface area contributed by atoms with E-state index in [0.717, 1.165) is 34.2 Å². The lowest BCUT2D eigenvalue weighted by molar-refractivity contribution is -0.274. The number of pyridine rings is 1. The SMILES string of the molecule is Cc1c(O)n(-c2ccc(OC(F)(F)F)cc2)c(=O)n1Cc1ccncc1CC(C)C. The molecule has 0 aliphatic carbocycles. The van der Waals surface area contributed by atoms with Crippen LogP contribution in [0.4, 0.5) is 13.2 Å². The van der Waals surface area contributed by atoms with E-state index in [9.17, 15) is 23.1 Å². The van der Waals surface area contributed by atoms with E-state index in [0.29, 0.717) is 11.6 Å². The van der Waals surface area contributed by atoms with Gasteiger partial charge in [-0.2, -0.15) is 0 Å². The molecule has 0 aliphatic rings. The average Bonchev–Trinajstić information content (AvgIpc) is 2.86. The molecule has 0 atom stereocenters. The number of ether oxygens (including phenoxy) is 1. The lowest BCUT2D eigenvalue weighted by Gasteiger charge is -2.12. The Morgan fingerprint density at radius 1 is 1.13 bits per heavy atom. The van der Waals surface area contributed by atoms with Gasteiger partial charge in [-0.05, 0) is 60.7 Å². The number of hydrogen-bond acceptors (Lipinski definition) is 4. The molecule has 0 aliphatic heterocycles. The van der Waals surface area contributed by atoms with E-state index in [2.05, 4.69) is 23.6 Å². The highest BCUT2D eigenvalue weighted by atomic mass is 19.4. The summed E-state index contributed by atoms with van der Waals surface area (Å²) in [7, 11) is 0. The van der Waals surface area contributed by atoms with Crippen LogP contribution in [0.2, 0.25) is 0 Å². The van der Waals surface area contributed by atoms with Crippen molar-refractivity contribution in [3.63, 3.8) is 0 Å². The van der Waals surface area contributed by atoms with Crippen LogP contribution in [0.25, 0.3) is 5.69 Å². The maximum absolute atomic E-state index is 13.0. The maximum Gasteiger partial charge on any atom is 0.573 e. The van der Waals surface area contributed by atoms with E-state index in [4.69, 9.17) is 0 Å². The second kappa shape index (κ2) is 8.25. The molecule has 0 saturated heterocycles. The van der Waals surface area contributed by atoms with Crippen LogP contribution in [0.5, 0.6) is 11.6 Å². The zero-order chi connectivity index (χ0) is 22.1. The van der Waals surface area contributed by atoms with Gasteiger partial charge in [-0.1, -0.05) is 13.8 Å². The minimum absolute atomic E-state index is 0.228. The van der Waals surface area contributed by atoms with Gasteiger partial charge in [0.2, 0.25) is 5.88 Å². The molecule has 3 rings (SSSR count). The number of aromatic nitrogens is 3. The van der Waals surface area contributed by atoms with Crippen LogP contribution in [-0.4, -0.2) is 25.6 Å². The Hall–Kier alpha value is -3.23. The summed E-state index contributed by atoms with van der Waals surface area (Å²) in [5.74, 6) is -0.282. The van der Waals surface area contributed by atoms with Crippen molar-refractivity contribution in [2.45, 2.75) is 40.1 Å². The molecule has 0 spiro atoms. The molecule has 2 aromatic heterocycles. The summed E-state index contributed by atoms with van der Waals surface area (Å²) in [6, 6.07) is 6.57. The fraction of sp³-hybridized carbons (Fsp3) is 0.333. The van der Waals surface area contributed by atoms with Crippen LogP contribution in [0.1, 0.15) is 30.7 Å². The van der Waals surface area contributed by atoms with E-state index in [1.54, 1.807) is 19.3 Å². The summed E-state index contributed by atoms with van der Waals surface area (Å²) in [6.07, 6.45) is -0.593. The number of imidazole rings is 1. The molecule has 0 saturated carbocycles. The van der Waals surface area contributed by atoms with Gasteiger partial charge >= 0.3 is 12.1 Å². The number of aromatic hydroxyl groups is 1. The molecular weight excluding hydrogens is 399 g/mol. The quantitative estimate of drug-likeness (QED) is 0.648. The number of halogens is 3. The Bertz CT molecular complexity index is 1080. The first-order valence-corrected chi connectivity index (χ1v) is 9.36. The van der Waals surface area contributed by atoms with Gasteiger partial charge < -0.3 is 9.84 Å². The van der Waals surface area contributed by atoms with Gasteiger partial charge in [0.15, 0.2) is 0 Å². The Balaban J connectivity index is 1.96. The van der Waals surface area contributed by atoms with Crippen LogP contribution in [0.3, 0.4) is 0 Å². The zero-order valence-corrected chi connectivity index (χ0v) is 16.8. The summed E-state index contributed by atoms with van der Waals surface area (Å²) in [5.41, 5.74) is 2.01. The Morgan fingerprint density at radius 3 is 2.40 bits per heavy atom. The second-order valence-electron chi connectivity index (χ2n) is 7.40. The number of rotatable bonds is 6. The van der Waals surface area contributed by atoms with Crippen molar-refractivity contribution in [3.05, 3.63) is 70.0 Å². The predicted molar refractivity (Wildman–Crippen MR) is 105 cm³/mol. The lowest BCUT2D eigenvalue weighted by Crippen LogP contribution is -2.25. The fourth-order valence-electron chi connectivity index (χ4n) is 3.26. The van der Waals surface area contributed by atoms with Crippen molar-refractivity contribution in [3.8, 4) is 17.3 Å². The minimum atomic E-state index is -4.81. The fourth-order valence-corrected chi connectivity index (χ4v) is 3.26. The third-order valence-electron chi connectivity index (χ3n) is 4.65. The van der Waals surface area contributed by atoms with Gasteiger partial charge in [-0.25, -0.2) is 9.36 Å². The molecule has 6 nitrogen and oxygen atoms in total. The number of benzene rings is 1. The summed E-state index contributed by atoms with van der Waals surface area (Å²) in [5, 5.41) is 10.5. The number of hydrogen-bond donors (Lipinski definition) is 1. The van der Waals surface area contributed by atoms with Gasteiger partial charge in [0.25, 0.3) is 0 Å². The summed E-state index contributed by atoms with van der Waals surface area (Å²) in [6.45, 7) is 6.02. The highest BCUT2D eigenvalue weighted by Crippen LogP contribution is 2.26. The topological polar surface area (TPSA) is 69.3 Å². The molecule has 1 aromatic carbocycles. The molecule has 2 heterocycles. The van der Waals surface area contributed by atoms with Crippen molar-refractivity contribution in [1.82, 2.24) is 14.1 Å². The third-order valence-corrected chi connectivity index (χ3v) is 4.65. The van der Waals surface area contributed by atoms with E-state index < -0.39 is 17.8 Å². The summed E-state index contributed by atoms with van der Waals surface area (Å²) < 4.78 is 43.3. The molecule has 9 heteroatoms. The van der Waals surface area contributed by atoms with Gasteiger partial charge in [-0.3, -0.25) is 9.55 Å². The Kier molecular flexibility index (Phi) is 5.91. The van der Waals surface area contributed by atoms with Crippen molar-refractivity contribution in [1.29, 1.82) is 0 Å². The molecule has 0 unspecified atom stereocenters. The van der Waals surface area contributed by atoms with Crippen molar-refractivity contribution < 1.29 is 23.0 Å². The Labute approximate surface area is 171 Å². The van der Waals surface area contributed by atoms with Crippen LogP contribution >= 0.6 is 0 Å². The monoisotopic (exact) mass is 421 g/mol. The maximum atomic E-state index is 13.0. The molecule has 160 valence electrons. The van der Waals surface area contributed by atoms with E-state index in [1.165, 1.54) is 16.7 Å². The highest BCUT2D eigenvalue weighted by molar-refractivity contribution is 5.42. The van der Waals surface area contributed by atoms with Crippen LogP contribution < -0.4 is 10.4 Å². The highest BCUT2D eigenvalue weighted by Gasteiger charge is 2.31. The smallest absolute Gasteiger partial charge is 0.493 e. The van der Waals surface area contributed by atoms with Gasteiger partial charge in [-0.15, -0.1) is 13.2 Å². The molecule has 0 bridgehead atoms. The molecular formula is C21H22F3N3O3. The zero-order valence-electron chi connectivity index (χ0n) is 16.8. The second-order valence-corrected chi connectivity index (χ2v) is 7.40. The number of nitrogens with zero attached hydrogens (tertiary/aromatic N) is 3. The van der Waals surface area contributed by atoms with E-state index >= 15 is 0 Å². The summed E-state index contributed by atoms with van der Waals surface area (Å²) >= 11 is 0. The van der Waals surface area contributed by atoms with Crippen molar-refractivity contribution in [2.24, 2.45) is 5.92 Å². The van der Waals surface area contributed by atoms with Gasteiger partial charge in [0, 0.05) is 12.4 Å². The van der Waals surface area contributed by atoms with Crippen molar-refractivity contribution in [2.75, 3.05) is 0 Å². The first-order chi connectivity index (χ1) is 14.1. The standard InChI is InChI=1S/C21H22F3N3O3/c1-13(2)10-16-11-25-9-8-15(16)12-26-14(3)19(28)27(20(26)29)17-4-6-18(7-5-17)30-21(22,23)24/h4-9,11,13,28H,10,12H2,1-3H3. The van der Waals surface area contributed by atoms with Gasteiger partial charge in [0.05, 0.1) is 17.9 Å². The molecule has 0 fully saturated rings. The molecule has 1 N–H and O–H groups in total. The molecule has 30 heavy (non-hydrogen) atoms. The van der Waals surface area contributed by atoms with Gasteiger partial charge in [0.1, 0.15) is 5.75 Å². The molecule has 0 radical (unpaired) electrons. The minimum Gasteiger partial charge on any atom is -0.493 e.